The van der Waals surface area contributed by atoms with E-state index in [2.05, 4.69) is 46.2 Å². The maximum Gasteiger partial charge on any atom is 1.00 e. The minimum absolute atomic E-state index is 0. The van der Waals surface area contributed by atoms with Crippen molar-refractivity contribution in [3.63, 3.8) is 0 Å². The van der Waals surface area contributed by atoms with Crippen LogP contribution in [0, 0.1) is 12.0 Å². The molecule has 0 saturated heterocycles. The standard InChI is InChI=1S/C11H16NO2S.C8H9B.K/c1-3-9(2)7-10-5-4-6-11(8-10)15(12,13)14;1-2-9-8-6-4-3-5-7-8;/h4-6,8-9H,3,7H2,1-2H3,(H-,12,13,14);4-7H,2H2,1H3;/q2*-1;+1. The molecule has 0 spiro atoms. The smallest absolute Gasteiger partial charge is 0.560 e. The Bertz CT molecular complexity index is 708. The SMILES string of the molecule is CCC(C)Cc1cccc(S([NH-])(=O)=O)c1.CC[B]c1cc[c-]cc1.[K+]. The molecule has 0 saturated carbocycles. The van der Waals surface area contributed by atoms with Crippen molar-refractivity contribution >= 4 is 22.8 Å². The zero-order valence-corrected chi connectivity index (χ0v) is 19.6. The molecule has 2 aromatic carbocycles. The molecule has 0 heterocycles. The normalized spacial score (nSPS) is 11.5. The Balaban J connectivity index is 0.000000495. The molecule has 1 atom stereocenters. The van der Waals surface area contributed by atoms with E-state index in [-0.39, 0.29) is 56.3 Å². The Hall–Kier alpha value is 0.0513. The van der Waals surface area contributed by atoms with Crippen LogP contribution in [-0.4, -0.2) is 15.7 Å². The Morgan fingerprint density at radius 1 is 1.16 bits per heavy atom. The topological polar surface area (TPSA) is 57.9 Å². The van der Waals surface area contributed by atoms with Crippen LogP contribution < -0.4 is 56.8 Å². The fourth-order valence-corrected chi connectivity index (χ4v) is 2.72. The summed E-state index contributed by atoms with van der Waals surface area (Å²) in [6.07, 6.45) is 3.03. The van der Waals surface area contributed by atoms with Gasteiger partial charge in [-0.15, -0.1) is 0 Å². The molecule has 0 bridgehead atoms. The molecule has 3 nitrogen and oxygen atoms in total. The van der Waals surface area contributed by atoms with Gasteiger partial charge in [-0.1, -0.05) is 45.6 Å². The number of benzene rings is 2. The first-order chi connectivity index (χ1) is 11.4. The first-order valence-corrected chi connectivity index (χ1v) is 9.73. The van der Waals surface area contributed by atoms with Crippen molar-refractivity contribution in [3.8, 4) is 0 Å². The summed E-state index contributed by atoms with van der Waals surface area (Å²) in [7, 11) is -1.63. The zero-order valence-electron chi connectivity index (χ0n) is 15.6. The van der Waals surface area contributed by atoms with Crippen molar-refractivity contribution in [1.82, 2.24) is 0 Å². The van der Waals surface area contributed by atoms with Crippen molar-refractivity contribution < 1.29 is 59.8 Å². The van der Waals surface area contributed by atoms with Gasteiger partial charge in [-0.2, -0.15) is 35.8 Å². The van der Waals surface area contributed by atoms with Crippen molar-refractivity contribution in [3.05, 3.63) is 65.3 Å². The predicted molar refractivity (Wildman–Crippen MR) is 102 cm³/mol. The van der Waals surface area contributed by atoms with Gasteiger partial charge in [0.2, 0.25) is 0 Å². The summed E-state index contributed by atoms with van der Waals surface area (Å²) >= 11 is 0. The van der Waals surface area contributed by atoms with Gasteiger partial charge < -0.3 is 5.14 Å². The van der Waals surface area contributed by atoms with Crippen LogP contribution in [-0.2, 0) is 16.4 Å². The summed E-state index contributed by atoms with van der Waals surface area (Å²) in [4.78, 5) is 0.0864. The third-order valence-electron chi connectivity index (χ3n) is 3.67. The Labute approximate surface area is 196 Å². The second kappa shape index (κ2) is 13.3. The Morgan fingerprint density at radius 3 is 2.32 bits per heavy atom. The molecule has 25 heavy (non-hydrogen) atoms. The van der Waals surface area contributed by atoms with Gasteiger partial charge in [-0.25, -0.2) is 8.42 Å². The number of sulfonamides is 1. The molecule has 2 rings (SSSR count). The van der Waals surface area contributed by atoms with Crippen LogP contribution >= 0.6 is 0 Å². The molecule has 0 fully saturated rings. The number of nitrogens with one attached hydrogen (secondary N) is 1. The van der Waals surface area contributed by atoms with Crippen LogP contribution in [0.4, 0.5) is 0 Å². The van der Waals surface area contributed by atoms with Gasteiger partial charge >= 0.3 is 51.4 Å². The fourth-order valence-electron chi connectivity index (χ4n) is 2.16. The van der Waals surface area contributed by atoms with Crippen LogP contribution in [0.1, 0.15) is 32.8 Å². The maximum atomic E-state index is 11.0. The molecule has 1 radical (unpaired) electrons. The first-order valence-electron chi connectivity index (χ1n) is 8.24. The number of rotatable bonds is 6. The van der Waals surface area contributed by atoms with Gasteiger partial charge in [0, 0.05) is 4.90 Å². The van der Waals surface area contributed by atoms with Gasteiger partial charge in [-0.3, -0.25) is 0 Å². The summed E-state index contributed by atoms with van der Waals surface area (Å²) < 4.78 is 22.0. The molecule has 0 amide bonds. The van der Waals surface area contributed by atoms with Crippen LogP contribution in [0.2, 0.25) is 6.32 Å². The van der Waals surface area contributed by atoms with Crippen LogP contribution in [0.15, 0.2) is 53.4 Å². The molecule has 0 aromatic heterocycles. The van der Waals surface area contributed by atoms with E-state index < -0.39 is 10.0 Å². The zero-order chi connectivity index (χ0) is 18.0. The quantitative estimate of drug-likeness (QED) is 0.559. The summed E-state index contributed by atoms with van der Waals surface area (Å²) in [6, 6.07) is 17.6. The molecule has 129 valence electrons. The van der Waals surface area contributed by atoms with Crippen LogP contribution in [0.5, 0.6) is 0 Å². The van der Waals surface area contributed by atoms with Gasteiger partial charge in [0.25, 0.3) is 0 Å². The van der Waals surface area contributed by atoms with Gasteiger partial charge in [0.15, 0.2) is 0 Å². The van der Waals surface area contributed by atoms with E-state index in [9.17, 15) is 8.42 Å². The summed E-state index contributed by atoms with van der Waals surface area (Å²) in [5.74, 6) is 0.536. The van der Waals surface area contributed by atoms with Crippen molar-refractivity contribution in [1.29, 1.82) is 0 Å². The summed E-state index contributed by atoms with van der Waals surface area (Å²) in [5.41, 5.74) is 2.27. The molecular weight excluding hydrogens is 356 g/mol. The monoisotopic (exact) mass is 381 g/mol. The molecule has 6 heteroatoms. The van der Waals surface area contributed by atoms with E-state index >= 15 is 0 Å². The van der Waals surface area contributed by atoms with Gasteiger partial charge in [0.05, 0.1) is 10.0 Å². The van der Waals surface area contributed by atoms with Crippen molar-refractivity contribution in [2.75, 3.05) is 0 Å². The molecular formula is C19H25BKNO2S-. The van der Waals surface area contributed by atoms with Gasteiger partial charge in [0.1, 0.15) is 7.28 Å². The molecule has 2 aromatic rings. The third kappa shape index (κ3) is 10.7. The Kier molecular flexibility index (Phi) is 13.3. The largest absolute Gasteiger partial charge is 1.00 e. The van der Waals surface area contributed by atoms with Gasteiger partial charge in [-0.05, 0) is 30.0 Å². The maximum absolute atomic E-state index is 11.0. The minimum Gasteiger partial charge on any atom is -0.560 e. The van der Waals surface area contributed by atoms with E-state index in [0.29, 0.717) is 5.92 Å². The van der Waals surface area contributed by atoms with Crippen LogP contribution in [0.25, 0.3) is 5.14 Å². The fraction of sp³-hybridized carbons (Fsp3) is 0.368. The van der Waals surface area contributed by atoms with Crippen LogP contribution in [0.3, 0.4) is 0 Å². The Morgan fingerprint density at radius 2 is 1.80 bits per heavy atom. The molecule has 1 unspecified atom stereocenters. The number of hydrogen-bond acceptors (Lipinski definition) is 2. The van der Waals surface area contributed by atoms with E-state index in [1.54, 1.807) is 12.1 Å². The number of hydrogen-bond donors (Lipinski definition) is 0. The second-order valence-corrected chi connectivity index (χ2v) is 7.29. The molecule has 0 aliphatic rings. The molecule has 0 aliphatic carbocycles. The molecule has 1 N–H and O–H groups in total. The van der Waals surface area contributed by atoms with Crippen molar-refractivity contribution in [2.24, 2.45) is 5.92 Å². The minimum atomic E-state index is -3.82. The average molecular weight is 381 g/mol. The van der Waals surface area contributed by atoms with Crippen molar-refractivity contribution in [2.45, 2.75) is 44.8 Å². The summed E-state index contributed by atoms with van der Waals surface area (Å²) in [5, 5.41) is 6.97. The van der Waals surface area contributed by atoms with E-state index in [1.165, 1.54) is 11.5 Å². The van der Waals surface area contributed by atoms with E-state index in [1.807, 2.05) is 18.2 Å². The second-order valence-electron chi connectivity index (χ2n) is 5.81. The summed E-state index contributed by atoms with van der Waals surface area (Å²) in [6.45, 7) is 6.37. The van der Waals surface area contributed by atoms with E-state index in [4.69, 9.17) is 5.14 Å². The predicted octanol–water partition coefficient (Wildman–Crippen LogP) is 1.27. The molecule has 0 aliphatic heterocycles. The average Bonchev–Trinajstić information content (AvgIpc) is 2.56. The first kappa shape index (κ1) is 25.1. The van der Waals surface area contributed by atoms with E-state index in [0.717, 1.165) is 24.7 Å². The third-order valence-corrected chi connectivity index (χ3v) is 4.55.